The summed E-state index contributed by atoms with van der Waals surface area (Å²) in [7, 11) is 3.90. The fraction of sp³-hybridized carbons (Fsp3) is 0.667. The number of pyridine rings is 1. The summed E-state index contributed by atoms with van der Waals surface area (Å²) in [6, 6.07) is 2.12. The Morgan fingerprint density at radius 1 is 1.15 bits per heavy atom. The van der Waals surface area contributed by atoms with Crippen LogP contribution in [-0.2, 0) is 6.42 Å². The molecule has 3 heterocycles. The maximum atomic E-state index is 5.25. The predicted octanol–water partition coefficient (Wildman–Crippen LogP) is 0.700. The molecule has 0 unspecified atom stereocenters. The van der Waals surface area contributed by atoms with Gasteiger partial charge in [-0.15, -0.1) is 0 Å². The fourth-order valence-corrected chi connectivity index (χ4v) is 2.97. The van der Waals surface area contributed by atoms with Gasteiger partial charge in [-0.2, -0.15) is 0 Å². The zero-order valence-electron chi connectivity index (χ0n) is 12.5. The number of rotatable bonds is 4. The highest BCUT2D eigenvalue weighted by molar-refractivity contribution is 5.53. The zero-order valence-corrected chi connectivity index (χ0v) is 12.5. The summed E-state index contributed by atoms with van der Waals surface area (Å²) < 4.78 is 5.25. The topological polar surface area (TPSA) is 31.8 Å². The van der Waals surface area contributed by atoms with E-state index in [4.69, 9.17) is 4.74 Å². The number of anilines is 1. The minimum absolute atomic E-state index is 0.865. The number of likely N-dealkylation sites (N-methyl/N-ethyl adjacent to an activating group) is 1. The number of nitrogens with zero attached hydrogens (tertiary/aromatic N) is 4. The van der Waals surface area contributed by atoms with E-state index in [1.165, 1.54) is 31.7 Å². The Morgan fingerprint density at radius 2 is 1.95 bits per heavy atom. The molecule has 1 fully saturated rings. The van der Waals surface area contributed by atoms with Crippen molar-refractivity contribution < 1.29 is 4.74 Å². The van der Waals surface area contributed by atoms with Crippen LogP contribution in [0.4, 0.5) is 5.82 Å². The summed E-state index contributed by atoms with van der Waals surface area (Å²) in [6.45, 7) is 8.05. The van der Waals surface area contributed by atoms with Crippen molar-refractivity contribution in [3.8, 4) is 5.75 Å². The van der Waals surface area contributed by atoms with Crippen LogP contribution in [-0.4, -0.2) is 74.8 Å². The summed E-state index contributed by atoms with van der Waals surface area (Å²) >= 11 is 0. The second-order valence-electron chi connectivity index (χ2n) is 5.74. The van der Waals surface area contributed by atoms with Crippen molar-refractivity contribution >= 4 is 5.82 Å². The lowest BCUT2D eigenvalue weighted by Gasteiger charge is -2.33. The van der Waals surface area contributed by atoms with E-state index in [9.17, 15) is 0 Å². The third kappa shape index (κ3) is 2.88. The van der Waals surface area contributed by atoms with Gasteiger partial charge in [-0.3, -0.25) is 4.90 Å². The molecule has 3 rings (SSSR count). The highest BCUT2D eigenvalue weighted by Crippen LogP contribution is 2.28. The molecule has 0 bridgehead atoms. The first-order valence-corrected chi connectivity index (χ1v) is 7.45. The lowest BCUT2D eigenvalue weighted by molar-refractivity contribution is 0.157. The van der Waals surface area contributed by atoms with Gasteiger partial charge < -0.3 is 14.5 Å². The highest BCUT2D eigenvalue weighted by Gasteiger charge is 2.22. The molecule has 0 radical (unpaired) electrons. The third-order valence-electron chi connectivity index (χ3n) is 4.39. The molecule has 0 saturated carbocycles. The second kappa shape index (κ2) is 5.97. The summed E-state index contributed by atoms with van der Waals surface area (Å²) in [5.74, 6) is 2.02. The van der Waals surface area contributed by atoms with Gasteiger partial charge in [0.05, 0.1) is 13.3 Å². The number of hydrogen-bond donors (Lipinski definition) is 0. The summed E-state index contributed by atoms with van der Waals surface area (Å²) in [6.07, 6.45) is 2.91. The minimum atomic E-state index is 0.865. The molecule has 0 aliphatic carbocycles. The zero-order chi connectivity index (χ0) is 13.9. The van der Waals surface area contributed by atoms with Crippen molar-refractivity contribution in [2.45, 2.75) is 6.42 Å². The molecule has 0 aromatic carbocycles. The van der Waals surface area contributed by atoms with Gasteiger partial charge in [0.15, 0.2) is 0 Å². The van der Waals surface area contributed by atoms with E-state index >= 15 is 0 Å². The Labute approximate surface area is 121 Å². The standard InChI is InChI=1S/C15H24N4O/c1-17-5-7-18(8-6-17)9-10-19-4-3-13-11-14(20-2)12-16-15(13)19/h11-12H,3-10H2,1-2H3. The van der Waals surface area contributed by atoms with Crippen LogP contribution in [0.5, 0.6) is 5.75 Å². The SMILES string of the molecule is COc1cnc2c(c1)CCN2CCN1CCN(C)CC1. The number of methoxy groups -OCH3 is 1. The van der Waals surface area contributed by atoms with Gasteiger partial charge in [-0.1, -0.05) is 0 Å². The van der Waals surface area contributed by atoms with Crippen LogP contribution in [0.25, 0.3) is 0 Å². The van der Waals surface area contributed by atoms with Gasteiger partial charge in [0, 0.05) is 51.4 Å². The van der Waals surface area contributed by atoms with Gasteiger partial charge in [-0.05, 0) is 19.5 Å². The fourth-order valence-electron chi connectivity index (χ4n) is 2.97. The quantitative estimate of drug-likeness (QED) is 0.808. The lowest BCUT2D eigenvalue weighted by Crippen LogP contribution is -2.46. The number of piperazine rings is 1. The van der Waals surface area contributed by atoms with E-state index in [1.807, 2.05) is 6.20 Å². The maximum Gasteiger partial charge on any atom is 0.137 e. The van der Waals surface area contributed by atoms with E-state index in [0.29, 0.717) is 0 Å². The van der Waals surface area contributed by atoms with E-state index < -0.39 is 0 Å². The van der Waals surface area contributed by atoms with E-state index in [0.717, 1.165) is 37.6 Å². The number of fused-ring (bicyclic) bond motifs is 1. The average Bonchev–Trinajstić information content (AvgIpc) is 2.89. The van der Waals surface area contributed by atoms with Gasteiger partial charge >= 0.3 is 0 Å². The molecule has 5 heteroatoms. The van der Waals surface area contributed by atoms with Crippen LogP contribution < -0.4 is 9.64 Å². The molecule has 0 amide bonds. The molecular weight excluding hydrogens is 252 g/mol. The summed E-state index contributed by atoms with van der Waals surface area (Å²) in [5.41, 5.74) is 1.32. The first-order chi connectivity index (χ1) is 9.76. The van der Waals surface area contributed by atoms with Crippen molar-refractivity contribution in [2.75, 3.05) is 64.9 Å². The molecule has 5 nitrogen and oxygen atoms in total. The first-order valence-electron chi connectivity index (χ1n) is 7.45. The number of aromatic nitrogens is 1. The van der Waals surface area contributed by atoms with Gasteiger partial charge in [0.1, 0.15) is 11.6 Å². The molecule has 0 atom stereocenters. The van der Waals surface area contributed by atoms with Crippen molar-refractivity contribution in [2.24, 2.45) is 0 Å². The maximum absolute atomic E-state index is 5.25. The van der Waals surface area contributed by atoms with Crippen molar-refractivity contribution in [1.82, 2.24) is 14.8 Å². The molecule has 0 spiro atoms. The molecule has 110 valence electrons. The molecule has 1 aromatic rings. The normalized spacial score (nSPS) is 20.2. The Hall–Kier alpha value is -1.33. The van der Waals surface area contributed by atoms with Gasteiger partial charge in [0.25, 0.3) is 0 Å². The molecular formula is C15H24N4O. The minimum Gasteiger partial charge on any atom is -0.495 e. The molecule has 2 aliphatic heterocycles. The monoisotopic (exact) mass is 276 g/mol. The van der Waals surface area contributed by atoms with Crippen molar-refractivity contribution in [3.05, 3.63) is 17.8 Å². The molecule has 0 N–H and O–H groups in total. The summed E-state index contributed by atoms with van der Waals surface area (Å²) in [5, 5.41) is 0. The van der Waals surface area contributed by atoms with E-state index in [2.05, 4.69) is 32.8 Å². The van der Waals surface area contributed by atoms with Crippen LogP contribution in [0.3, 0.4) is 0 Å². The average molecular weight is 276 g/mol. The predicted molar refractivity (Wildman–Crippen MR) is 80.6 cm³/mol. The number of ether oxygens (including phenoxy) is 1. The van der Waals surface area contributed by atoms with Crippen molar-refractivity contribution in [1.29, 1.82) is 0 Å². The van der Waals surface area contributed by atoms with Gasteiger partial charge in [0.2, 0.25) is 0 Å². The van der Waals surface area contributed by atoms with E-state index in [1.54, 1.807) is 7.11 Å². The number of hydrogen-bond acceptors (Lipinski definition) is 5. The Balaban J connectivity index is 1.56. The van der Waals surface area contributed by atoms with Crippen molar-refractivity contribution in [3.63, 3.8) is 0 Å². The highest BCUT2D eigenvalue weighted by atomic mass is 16.5. The molecule has 1 saturated heterocycles. The Bertz CT molecular complexity index is 457. The van der Waals surface area contributed by atoms with E-state index in [-0.39, 0.29) is 0 Å². The smallest absolute Gasteiger partial charge is 0.137 e. The Morgan fingerprint density at radius 3 is 2.70 bits per heavy atom. The summed E-state index contributed by atoms with van der Waals surface area (Å²) in [4.78, 5) is 11.9. The van der Waals surface area contributed by atoms with Crippen LogP contribution >= 0.6 is 0 Å². The molecule has 2 aliphatic rings. The first kappa shape index (κ1) is 13.6. The van der Waals surface area contributed by atoms with Gasteiger partial charge in [-0.25, -0.2) is 4.98 Å². The third-order valence-corrected chi connectivity index (χ3v) is 4.39. The second-order valence-corrected chi connectivity index (χ2v) is 5.74. The van der Waals surface area contributed by atoms with Crippen LogP contribution in [0, 0.1) is 0 Å². The molecule has 20 heavy (non-hydrogen) atoms. The lowest BCUT2D eigenvalue weighted by atomic mass is 10.2. The van der Waals surface area contributed by atoms with Crippen LogP contribution in [0.2, 0.25) is 0 Å². The Kier molecular flexibility index (Phi) is 4.08. The largest absolute Gasteiger partial charge is 0.495 e. The van der Waals surface area contributed by atoms with Crippen LogP contribution in [0.1, 0.15) is 5.56 Å². The van der Waals surface area contributed by atoms with Crippen LogP contribution in [0.15, 0.2) is 12.3 Å². The molecule has 1 aromatic heterocycles.